The van der Waals surface area contributed by atoms with Crippen molar-refractivity contribution < 1.29 is 14.3 Å². The fraction of sp³-hybridized carbons (Fsp3) is 0.857. The maximum atomic E-state index is 12.1. The first-order valence-electron chi connectivity index (χ1n) is 7.25. The smallest absolute Gasteiger partial charge is 0.320 e. The van der Waals surface area contributed by atoms with Crippen molar-refractivity contribution in [3.63, 3.8) is 0 Å². The van der Waals surface area contributed by atoms with Crippen LogP contribution in [0.25, 0.3) is 0 Å². The Balaban J connectivity index is 2.33. The van der Waals surface area contributed by atoms with E-state index >= 15 is 0 Å². The molecule has 0 spiro atoms. The summed E-state index contributed by atoms with van der Waals surface area (Å²) in [5.74, 6) is -0.154. The van der Waals surface area contributed by atoms with Crippen molar-refractivity contribution >= 4 is 11.9 Å². The van der Waals surface area contributed by atoms with E-state index in [1.54, 1.807) is 18.9 Å². The van der Waals surface area contributed by atoms with Gasteiger partial charge in [0.05, 0.1) is 19.7 Å². The highest BCUT2D eigenvalue weighted by Crippen LogP contribution is 2.10. The lowest BCUT2D eigenvalue weighted by atomic mass is 10.1. The fourth-order valence-electron chi connectivity index (χ4n) is 2.31. The van der Waals surface area contributed by atoms with Crippen LogP contribution in [0.5, 0.6) is 0 Å². The molecule has 1 saturated heterocycles. The second kappa shape index (κ2) is 8.91. The molecule has 19 heavy (non-hydrogen) atoms. The lowest BCUT2D eigenvalue weighted by molar-refractivity contribution is -0.144. The highest BCUT2D eigenvalue weighted by Gasteiger charge is 2.17. The molecule has 5 nitrogen and oxygen atoms in total. The molecule has 0 aromatic carbocycles. The number of carbonyl (C=O) groups excluding carboxylic acids is 2. The first kappa shape index (κ1) is 16.0. The second-order valence-corrected chi connectivity index (χ2v) is 5.13. The van der Waals surface area contributed by atoms with Gasteiger partial charge in [-0.05, 0) is 26.8 Å². The van der Waals surface area contributed by atoms with Crippen LogP contribution in [0, 0.1) is 0 Å². The molecule has 0 unspecified atom stereocenters. The molecule has 0 atom stereocenters. The van der Waals surface area contributed by atoms with E-state index in [0.717, 1.165) is 25.9 Å². The predicted molar refractivity (Wildman–Crippen MR) is 73.8 cm³/mol. The first-order chi connectivity index (χ1) is 9.13. The molecule has 1 aliphatic heterocycles. The minimum atomic E-state index is -0.273. The topological polar surface area (TPSA) is 49.9 Å². The van der Waals surface area contributed by atoms with Gasteiger partial charge in [0.2, 0.25) is 5.91 Å². The molecule has 1 heterocycles. The lowest BCUT2D eigenvalue weighted by Gasteiger charge is -2.26. The molecule has 1 amide bonds. The van der Waals surface area contributed by atoms with Gasteiger partial charge >= 0.3 is 5.97 Å². The molecule has 0 radical (unpaired) electrons. The molecular weight excluding hydrogens is 244 g/mol. The summed E-state index contributed by atoms with van der Waals surface area (Å²) >= 11 is 0. The normalized spacial score (nSPS) is 16.9. The minimum absolute atomic E-state index is 0.119. The predicted octanol–water partition coefficient (Wildman–Crippen LogP) is 1.27. The molecule has 0 bridgehead atoms. The summed E-state index contributed by atoms with van der Waals surface area (Å²) in [6.07, 6.45) is 5.89. The van der Waals surface area contributed by atoms with Crippen LogP contribution in [0.4, 0.5) is 0 Å². The van der Waals surface area contributed by atoms with Gasteiger partial charge in [0, 0.05) is 13.1 Å². The van der Waals surface area contributed by atoms with Crippen LogP contribution in [0.1, 0.15) is 39.0 Å². The van der Waals surface area contributed by atoms with Gasteiger partial charge < -0.3 is 9.64 Å². The minimum Gasteiger partial charge on any atom is -0.465 e. The molecule has 0 N–H and O–H groups in total. The van der Waals surface area contributed by atoms with Gasteiger partial charge in [0.25, 0.3) is 0 Å². The summed E-state index contributed by atoms with van der Waals surface area (Å²) in [6.45, 7) is 4.33. The van der Waals surface area contributed by atoms with Crippen LogP contribution in [0.2, 0.25) is 0 Å². The number of amides is 1. The maximum absolute atomic E-state index is 12.1. The van der Waals surface area contributed by atoms with Crippen LogP contribution in [-0.4, -0.2) is 61.5 Å². The number of nitrogens with zero attached hydrogens (tertiary/aromatic N) is 2. The molecule has 1 rings (SSSR count). The van der Waals surface area contributed by atoms with E-state index in [4.69, 9.17) is 4.74 Å². The number of likely N-dealkylation sites (N-methyl/N-ethyl adjacent to an activating group) is 1. The molecule has 0 aromatic rings. The monoisotopic (exact) mass is 270 g/mol. The van der Waals surface area contributed by atoms with E-state index in [-0.39, 0.29) is 18.4 Å². The van der Waals surface area contributed by atoms with Gasteiger partial charge in [0.15, 0.2) is 0 Å². The number of carbonyl (C=O) groups is 2. The Morgan fingerprint density at radius 1 is 1.05 bits per heavy atom. The van der Waals surface area contributed by atoms with Crippen molar-refractivity contribution in [3.8, 4) is 0 Å². The summed E-state index contributed by atoms with van der Waals surface area (Å²) in [5, 5.41) is 0. The van der Waals surface area contributed by atoms with Crippen LogP contribution in [0.15, 0.2) is 0 Å². The third-order valence-corrected chi connectivity index (χ3v) is 3.32. The quantitative estimate of drug-likeness (QED) is 0.706. The largest absolute Gasteiger partial charge is 0.465 e. The Bertz CT molecular complexity index is 286. The highest BCUT2D eigenvalue weighted by molar-refractivity contribution is 5.79. The van der Waals surface area contributed by atoms with E-state index in [2.05, 4.69) is 0 Å². The van der Waals surface area contributed by atoms with E-state index in [9.17, 15) is 9.59 Å². The number of hydrogen-bond donors (Lipinski definition) is 0. The number of rotatable bonds is 5. The fourth-order valence-corrected chi connectivity index (χ4v) is 2.31. The van der Waals surface area contributed by atoms with Crippen molar-refractivity contribution in [2.24, 2.45) is 0 Å². The summed E-state index contributed by atoms with van der Waals surface area (Å²) in [4.78, 5) is 27.1. The SMILES string of the molecule is CCOC(=O)CN(C)CC(=O)N1CCCCCCC1. The molecule has 0 aliphatic carbocycles. The van der Waals surface area contributed by atoms with Gasteiger partial charge in [0.1, 0.15) is 0 Å². The Morgan fingerprint density at radius 2 is 1.63 bits per heavy atom. The van der Waals surface area contributed by atoms with Crippen LogP contribution >= 0.6 is 0 Å². The van der Waals surface area contributed by atoms with Crippen molar-refractivity contribution in [2.45, 2.75) is 39.0 Å². The molecular formula is C14H26N2O3. The zero-order valence-corrected chi connectivity index (χ0v) is 12.2. The second-order valence-electron chi connectivity index (χ2n) is 5.13. The number of ether oxygens (including phenoxy) is 1. The van der Waals surface area contributed by atoms with Gasteiger partial charge in [-0.2, -0.15) is 0 Å². The molecule has 1 aliphatic rings. The van der Waals surface area contributed by atoms with Crippen molar-refractivity contribution in [1.82, 2.24) is 9.80 Å². The number of hydrogen-bond acceptors (Lipinski definition) is 4. The average molecular weight is 270 g/mol. The van der Waals surface area contributed by atoms with Crippen molar-refractivity contribution in [2.75, 3.05) is 39.8 Å². The lowest BCUT2D eigenvalue weighted by Crippen LogP contribution is -2.42. The maximum Gasteiger partial charge on any atom is 0.320 e. The summed E-state index contributed by atoms with van der Waals surface area (Å²) in [6, 6.07) is 0. The molecule has 0 saturated carbocycles. The van der Waals surface area contributed by atoms with E-state index < -0.39 is 0 Å². The number of likely N-dealkylation sites (tertiary alicyclic amines) is 1. The molecule has 110 valence electrons. The standard InChI is InChI=1S/C14H26N2O3/c1-3-19-14(18)12-15(2)11-13(17)16-9-7-5-4-6-8-10-16/h3-12H2,1-2H3. The Labute approximate surface area is 115 Å². The van der Waals surface area contributed by atoms with E-state index in [1.165, 1.54) is 19.3 Å². The molecule has 5 heteroatoms. The highest BCUT2D eigenvalue weighted by atomic mass is 16.5. The Hall–Kier alpha value is -1.10. The van der Waals surface area contributed by atoms with Gasteiger partial charge in [-0.1, -0.05) is 19.3 Å². The number of esters is 1. The third-order valence-electron chi connectivity index (χ3n) is 3.32. The van der Waals surface area contributed by atoms with E-state index in [0.29, 0.717) is 13.2 Å². The Morgan fingerprint density at radius 3 is 2.21 bits per heavy atom. The summed E-state index contributed by atoms with van der Waals surface area (Å²) < 4.78 is 4.87. The van der Waals surface area contributed by atoms with Gasteiger partial charge in [-0.3, -0.25) is 14.5 Å². The first-order valence-corrected chi connectivity index (χ1v) is 7.25. The molecule has 1 fully saturated rings. The summed E-state index contributed by atoms with van der Waals surface area (Å²) in [5.41, 5.74) is 0. The van der Waals surface area contributed by atoms with E-state index in [1.807, 2.05) is 4.90 Å². The third kappa shape index (κ3) is 6.57. The zero-order valence-electron chi connectivity index (χ0n) is 12.2. The average Bonchev–Trinajstić information content (AvgIpc) is 2.27. The van der Waals surface area contributed by atoms with Gasteiger partial charge in [-0.15, -0.1) is 0 Å². The summed E-state index contributed by atoms with van der Waals surface area (Å²) in [7, 11) is 1.78. The van der Waals surface area contributed by atoms with Gasteiger partial charge in [-0.25, -0.2) is 0 Å². The van der Waals surface area contributed by atoms with Crippen molar-refractivity contribution in [3.05, 3.63) is 0 Å². The van der Waals surface area contributed by atoms with Crippen LogP contribution in [-0.2, 0) is 14.3 Å². The van der Waals surface area contributed by atoms with Crippen LogP contribution < -0.4 is 0 Å². The molecule has 0 aromatic heterocycles. The zero-order chi connectivity index (χ0) is 14.1. The Kier molecular flexibility index (Phi) is 7.48. The van der Waals surface area contributed by atoms with Crippen LogP contribution in [0.3, 0.4) is 0 Å². The van der Waals surface area contributed by atoms with Crippen molar-refractivity contribution in [1.29, 1.82) is 0 Å².